The highest BCUT2D eigenvalue weighted by molar-refractivity contribution is 7.98. The van der Waals surface area contributed by atoms with Crippen molar-refractivity contribution in [3.63, 3.8) is 0 Å². The highest BCUT2D eigenvalue weighted by Gasteiger charge is 2.15. The summed E-state index contributed by atoms with van der Waals surface area (Å²) >= 11 is 1.40. The molecule has 0 fully saturated rings. The first kappa shape index (κ1) is 18.0. The zero-order valence-corrected chi connectivity index (χ0v) is 16.0. The molecule has 0 amide bonds. The van der Waals surface area contributed by atoms with Crippen LogP contribution in [0.2, 0.25) is 0 Å². The molecule has 9 nitrogen and oxygen atoms in total. The van der Waals surface area contributed by atoms with Crippen LogP contribution in [0.15, 0.2) is 58.2 Å². The number of ether oxygens (including phenoxy) is 2. The van der Waals surface area contributed by atoms with Gasteiger partial charge >= 0.3 is 0 Å². The highest BCUT2D eigenvalue weighted by atomic mass is 32.2. The molecular weight excluding hydrogens is 380 g/mol. The normalized spacial score (nSPS) is 10.8. The van der Waals surface area contributed by atoms with Crippen LogP contribution in [0.25, 0.3) is 17.1 Å². The molecule has 0 atom stereocenters. The molecule has 0 saturated heterocycles. The van der Waals surface area contributed by atoms with Crippen molar-refractivity contribution in [1.82, 2.24) is 30.3 Å². The van der Waals surface area contributed by atoms with E-state index in [1.807, 2.05) is 48.5 Å². The van der Waals surface area contributed by atoms with E-state index in [2.05, 4.69) is 25.7 Å². The summed E-state index contributed by atoms with van der Waals surface area (Å²) in [6, 6.07) is 15.0. The van der Waals surface area contributed by atoms with Crippen LogP contribution >= 0.6 is 11.8 Å². The number of hydrogen-bond donors (Lipinski definition) is 0. The Morgan fingerprint density at radius 1 is 1.04 bits per heavy atom. The smallest absolute Gasteiger partial charge is 0.237 e. The van der Waals surface area contributed by atoms with E-state index in [-0.39, 0.29) is 0 Å². The number of nitrogens with zero attached hydrogens (tertiary/aromatic N) is 6. The molecule has 10 heteroatoms. The van der Waals surface area contributed by atoms with Gasteiger partial charge in [-0.05, 0) is 46.8 Å². The van der Waals surface area contributed by atoms with Gasteiger partial charge in [-0.25, -0.2) is 0 Å². The summed E-state index contributed by atoms with van der Waals surface area (Å²) in [4.78, 5) is 4.44. The lowest BCUT2D eigenvalue weighted by Gasteiger charge is -2.04. The van der Waals surface area contributed by atoms with Crippen LogP contribution in [0.1, 0.15) is 5.89 Å². The Balaban J connectivity index is 1.49. The average Bonchev–Trinajstić information content (AvgIpc) is 3.41. The molecule has 142 valence electrons. The van der Waals surface area contributed by atoms with Crippen LogP contribution in [-0.4, -0.2) is 44.6 Å². The van der Waals surface area contributed by atoms with Crippen molar-refractivity contribution in [3.8, 4) is 28.6 Å². The molecule has 28 heavy (non-hydrogen) atoms. The summed E-state index contributed by atoms with van der Waals surface area (Å²) in [6.45, 7) is 0. The van der Waals surface area contributed by atoms with Gasteiger partial charge in [-0.2, -0.15) is 9.67 Å². The summed E-state index contributed by atoms with van der Waals surface area (Å²) in [5, 5.41) is 16.5. The van der Waals surface area contributed by atoms with Crippen LogP contribution in [0.3, 0.4) is 0 Å². The predicted molar refractivity (Wildman–Crippen MR) is 102 cm³/mol. The van der Waals surface area contributed by atoms with E-state index in [1.165, 1.54) is 11.8 Å². The van der Waals surface area contributed by atoms with Crippen LogP contribution < -0.4 is 9.47 Å². The molecule has 0 aliphatic heterocycles. The number of rotatable bonds is 7. The van der Waals surface area contributed by atoms with Crippen LogP contribution in [-0.2, 0) is 5.75 Å². The number of aromatic nitrogens is 6. The average molecular weight is 396 g/mol. The van der Waals surface area contributed by atoms with E-state index in [0.29, 0.717) is 28.4 Å². The van der Waals surface area contributed by atoms with Crippen LogP contribution in [0.5, 0.6) is 11.5 Å². The Morgan fingerprint density at radius 2 is 1.86 bits per heavy atom. The maximum atomic E-state index is 5.36. The van der Waals surface area contributed by atoms with Gasteiger partial charge in [0.25, 0.3) is 0 Å². The van der Waals surface area contributed by atoms with E-state index in [4.69, 9.17) is 14.0 Å². The Labute approximate surface area is 164 Å². The number of hydrogen-bond acceptors (Lipinski definition) is 9. The minimum absolute atomic E-state index is 0.429. The van der Waals surface area contributed by atoms with Gasteiger partial charge in [-0.3, -0.25) is 0 Å². The van der Waals surface area contributed by atoms with Crippen LogP contribution in [0, 0.1) is 0 Å². The fourth-order valence-corrected chi connectivity index (χ4v) is 3.26. The van der Waals surface area contributed by atoms with Gasteiger partial charge in [-0.15, -0.1) is 5.10 Å². The second-order valence-electron chi connectivity index (χ2n) is 5.57. The molecule has 0 radical (unpaired) electrons. The van der Waals surface area contributed by atoms with Gasteiger partial charge in [0.2, 0.25) is 16.9 Å². The fraction of sp³-hybridized carbons (Fsp3) is 0.167. The SMILES string of the molecule is COc1ccc(-n2nnnc2SCc2nc(-c3ccccc3OC)no2)cc1. The lowest BCUT2D eigenvalue weighted by molar-refractivity contribution is 0.390. The second kappa shape index (κ2) is 8.09. The lowest BCUT2D eigenvalue weighted by Crippen LogP contribution is -1.99. The predicted octanol–water partition coefficient (Wildman–Crippen LogP) is 3.02. The van der Waals surface area contributed by atoms with Crippen molar-refractivity contribution in [2.45, 2.75) is 10.9 Å². The van der Waals surface area contributed by atoms with Gasteiger partial charge in [0.15, 0.2) is 0 Å². The first-order valence-electron chi connectivity index (χ1n) is 8.30. The molecular formula is C18H16N6O3S. The first-order valence-corrected chi connectivity index (χ1v) is 9.28. The third-order valence-electron chi connectivity index (χ3n) is 3.90. The zero-order valence-electron chi connectivity index (χ0n) is 15.1. The molecule has 0 aliphatic carbocycles. The van der Waals surface area contributed by atoms with Crippen molar-refractivity contribution in [1.29, 1.82) is 0 Å². The number of para-hydroxylation sites is 1. The molecule has 2 aromatic carbocycles. The number of thioether (sulfide) groups is 1. The second-order valence-corrected chi connectivity index (χ2v) is 6.51. The van der Waals surface area contributed by atoms with E-state index in [1.54, 1.807) is 18.9 Å². The molecule has 0 aliphatic rings. The van der Waals surface area contributed by atoms with Crippen molar-refractivity contribution in [3.05, 3.63) is 54.4 Å². The van der Waals surface area contributed by atoms with Crippen molar-refractivity contribution < 1.29 is 14.0 Å². The minimum Gasteiger partial charge on any atom is -0.497 e. The Hall–Kier alpha value is -3.40. The molecule has 4 aromatic rings. The molecule has 2 heterocycles. The zero-order chi connectivity index (χ0) is 19.3. The molecule has 4 rings (SSSR count). The molecule has 2 aromatic heterocycles. The van der Waals surface area contributed by atoms with Crippen molar-refractivity contribution in [2.75, 3.05) is 14.2 Å². The van der Waals surface area contributed by atoms with Gasteiger partial charge in [-0.1, -0.05) is 29.1 Å². The maximum Gasteiger partial charge on any atom is 0.237 e. The summed E-state index contributed by atoms with van der Waals surface area (Å²) in [6.07, 6.45) is 0. The minimum atomic E-state index is 0.429. The number of benzene rings is 2. The van der Waals surface area contributed by atoms with E-state index in [9.17, 15) is 0 Å². The van der Waals surface area contributed by atoms with E-state index >= 15 is 0 Å². The standard InChI is InChI=1S/C18H16N6O3S/c1-25-13-9-7-12(8-10-13)24-18(20-22-23-24)28-11-16-19-17(21-27-16)14-5-3-4-6-15(14)26-2/h3-10H,11H2,1-2H3. The van der Waals surface area contributed by atoms with Crippen molar-refractivity contribution in [2.24, 2.45) is 0 Å². The monoisotopic (exact) mass is 396 g/mol. The lowest BCUT2D eigenvalue weighted by atomic mass is 10.2. The summed E-state index contributed by atoms with van der Waals surface area (Å²) in [5.74, 6) is 2.82. The Morgan fingerprint density at radius 3 is 2.64 bits per heavy atom. The van der Waals surface area contributed by atoms with Gasteiger partial charge < -0.3 is 14.0 Å². The first-order chi connectivity index (χ1) is 13.8. The molecule has 0 saturated carbocycles. The fourth-order valence-electron chi connectivity index (χ4n) is 2.53. The number of tetrazole rings is 1. The van der Waals surface area contributed by atoms with E-state index in [0.717, 1.165) is 17.0 Å². The third-order valence-corrected chi connectivity index (χ3v) is 4.80. The van der Waals surface area contributed by atoms with Crippen LogP contribution in [0.4, 0.5) is 0 Å². The molecule has 0 N–H and O–H groups in total. The third kappa shape index (κ3) is 3.67. The molecule has 0 bridgehead atoms. The molecule has 0 unspecified atom stereocenters. The topological polar surface area (TPSA) is 101 Å². The quantitative estimate of drug-likeness (QED) is 0.436. The van der Waals surface area contributed by atoms with E-state index < -0.39 is 0 Å². The number of methoxy groups -OCH3 is 2. The summed E-state index contributed by atoms with van der Waals surface area (Å²) in [5.41, 5.74) is 1.60. The summed E-state index contributed by atoms with van der Waals surface area (Å²) in [7, 11) is 3.23. The van der Waals surface area contributed by atoms with Gasteiger partial charge in [0.1, 0.15) is 11.5 Å². The summed E-state index contributed by atoms with van der Waals surface area (Å²) < 4.78 is 17.5. The van der Waals surface area contributed by atoms with Crippen molar-refractivity contribution >= 4 is 11.8 Å². The molecule has 0 spiro atoms. The van der Waals surface area contributed by atoms with Gasteiger partial charge in [0, 0.05) is 0 Å². The van der Waals surface area contributed by atoms with Gasteiger partial charge in [0.05, 0.1) is 31.2 Å². The maximum absolute atomic E-state index is 5.36. The largest absolute Gasteiger partial charge is 0.497 e. The Bertz CT molecular complexity index is 1060. The Kier molecular flexibility index (Phi) is 5.20. The highest BCUT2D eigenvalue weighted by Crippen LogP contribution is 2.28.